The molecule has 4 rings (SSSR count). The Bertz CT molecular complexity index is 672. The van der Waals surface area contributed by atoms with Crippen molar-refractivity contribution in [3.63, 3.8) is 0 Å². The summed E-state index contributed by atoms with van der Waals surface area (Å²) in [6.45, 7) is 1.16. The summed E-state index contributed by atoms with van der Waals surface area (Å²) in [7, 11) is 4.29. The Hall–Kier alpha value is -1.68. The van der Waals surface area contributed by atoms with E-state index < -0.39 is 0 Å². The topological polar surface area (TPSA) is 34.0 Å². The first-order valence-electron chi connectivity index (χ1n) is 8.88. The predicted octanol–water partition coefficient (Wildman–Crippen LogP) is 3.44. The zero-order valence-corrected chi connectivity index (χ0v) is 14.2. The number of benzene rings is 1. The third-order valence-corrected chi connectivity index (χ3v) is 5.62. The standard InChI is InChI=1S/C19H26N4/c1-22-14-8-4-7-11-16(22)17-20-18(21-23(17)2)19(12-13-19)15-9-5-3-6-10-15/h3,5-6,9-10,16H,4,7-8,11-14H2,1-2H3/t16-/m0/s1. The molecule has 23 heavy (non-hydrogen) atoms. The highest BCUT2D eigenvalue weighted by Gasteiger charge is 2.49. The summed E-state index contributed by atoms with van der Waals surface area (Å²) in [6.07, 6.45) is 7.45. The van der Waals surface area contributed by atoms with Crippen molar-refractivity contribution in [3.05, 3.63) is 47.5 Å². The molecule has 4 nitrogen and oxygen atoms in total. The van der Waals surface area contributed by atoms with Crippen molar-refractivity contribution >= 4 is 0 Å². The van der Waals surface area contributed by atoms with Gasteiger partial charge in [0.15, 0.2) is 5.82 Å². The Balaban J connectivity index is 1.68. The van der Waals surface area contributed by atoms with Gasteiger partial charge in [-0.15, -0.1) is 0 Å². The van der Waals surface area contributed by atoms with Crippen molar-refractivity contribution in [3.8, 4) is 0 Å². The second kappa shape index (κ2) is 5.75. The van der Waals surface area contributed by atoms with Gasteiger partial charge in [0.05, 0.1) is 11.5 Å². The lowest BCUT2D eigenvalue weighted by Crippen LogP contribution is -2.26. The molecule has 0 unspecified atom stereocenters. The molecule has 122 valence electrons. The Morgan fingerprint density at radius 2 is 1.83 bits per heavy atom. The van der Waals surface area contributed by atoms with Crippen LogP contribution >= 0.6 is 0 Å². The van der Waals surface area contributed by atoms with Gasteiger partial charge in [0.1, 0.15) is 5.82 Å². The molecule has 1 aliphatic heterocycles. The second-order valence-electron chi connectivity index (χ2n) is 7.21. The van der Waals surface area contributed by atoms with Crippen LogP contribution in [0.4, 0.5) is 0 Å². The molecule has 2 fully saturated rings. The van der Waals surface area contributed by atoms with Crippen LogP contribution in [-0.2, 0) is 12.5 Å². The van der Waals surface area contributed by atoms with E-state index in [0.717, 1.165) is 18.2 Å². The molecule has 0 radical (unpaired) electrons. The van der Waals surface area contributed by atoms with Crippen LogP contribution in [0.25, 0.3) is 0 Å². The summed E-state index contributed by atoms with van der Waals surface area (Å²) < 4.78 is 2.03. The monoisotopic (exact) mass is 310 g/mol. The second-order valence-corrected chi connectivity index (χ2v) is 7.21. The van der Waals surface area contributed by atoms with E-state index in [1.54, 1.807) is 0 Å². The molecule has 0 N–H and O–H groups in total. The molecule has 1 aliphatic carbocycles. The van der Waals surface area contributed by atoms with Crippen molar-refractivity contribution in [2.75, 3.05) is 13.6 Å². The van der Waals surface area contributed by atoms with E-state index in [1.165, 1.54) is 44.1 Å². The van der Waals surface area contributed by atoms with Crippen molar-refractivity contribution in [1.29, 1.82) is 0 Å². The summed E-state index contributed by atoms with van der Waals surface area (Å²) in [5, 5.41) is 4.84. The van der Waals surface area contributed by atoms with Gasteiger partial charge in [0.2, 0.25) is 0 Å². The third-order valence-electron chi connectivity index (χ3n) is 5.62. The van der Waals surface area contributed by atoms with Crippen molar-refractivity contribution in [1.82, 2.24) is 19.7 Å². The first kappa shape index (κ1) is 14.9. The fourth-order valence-corrected chi connectivity index (χ4v) is 3.99. The number of rotatable bonds is 3. The van der Waals surface area contributed by atoms with E-state index in [4.69, 9.17) is 10.1 Å². The highest BCUT2D eigenvalue weighted by molar-refractivity contribution is 5.39. The molecule has 4 heteroatoms. The minimum absolute atomic E-state index is 0.0700. The molecule has 0 amide bonds. The summed E-state index contributed by atoms with van der Waals surface area (Å²) in [5.74, 6) is 2.17. The maximum absolute atomic E-state index is 5.05. The minimum atomic E-state index is 0.0700. The summed E-state index contributed by atoms with van der Waals surface area (Å²) >= 11 is 0. The largest absolute Gasteiger partial charge is 0.297 e. The van der Waals surface area contributed by atoms with Gasteiger partial charge in [0.25, 0.3) is 0 Å². The normalized spacial score (nSPS) is 24.3. The van der Waals surface area contributed by atoms with Gasteiger partial charge in [-0.3, -0.25) is 9.58 Å². The van der Waals surface area contributed by atoms with E-state index in [0.29, 0.717) is 6.04 Å². The van der Waals surface area contributed by atoms with Crippen molar-refractivity contribution < 1.29 is 0 Å². The third kappa shape index (κ3) is 2.59. The number of hydrogen-bond donors (Lipinski definition) is 0. The molecule has 1 aromatic heterocycles. The van der Waals surface area contributed by atoms with Gasteiger partial charge in [-0.05, 0) is 44.8 Å². The smallest absolute Gasteiger partial charge is 0.161 e. The van der Waals surface area contributed by atoms with E-state index in [2.05, 4.69) is 49.3 Å². The molecule has 2 aliphatic rings. The quantitative estimate of drug-likeness (QED) is 0.871. The van der Waals surface area contributed by atoms with Gasteiger partial charge in [-0.2, -0.15) is 5.10 Å². The maximum atomic E-state index is 5.05. The molecule has 2 aromatic rings. The first-order chi connectivity index (χ1) is 11.2. The molecular weight excluding hydrogens is 284 g/mol. The van der Waals surface area contributed by atoms with E-state index in [1.807, 2.05) is 4.68 Å². The Labute approximate surface area is 138 Å². The molecule has 2 heterocycles. The van der Waals surface area contributed by atoms with E-state index in [9.17, 15) is 0 Å². The molecule has 1 atom stereocenters. The molecule has 1 saturated carbocycles. The molecular formula is C19H26N4. The SMILES string of the molecule is CN1CCCCC[C@H]1c1nc(C2(c3ccccc3)CC2)nn1C. The van der Waals surface area contributed by atoms with Crippen LogP contribution in [0.5, 0.6) is 0 Å². The van der Waals surface area contributed by atoms with Crippen molar-refractivity contribution in [2.45, 2.75) is 50.0 Å². The fraction of sp³-hybridized carbons (Fsp3) is 0.579. The van der Waals surface area contributed by atoms with Gasteiger partial charge in [0, 0.05) is 7.05 Å². The molecule has 1 saturated heterocycles. The Morgan fingerprint density at radius 1 is 1.04 bits per heavy atom. The Morgan fingerprint density at radius 3 is 2.57 bits per heavy atom. The lowest BCUT2D eigenvalue weighted by molar-refractivity contribution is 0.235. The summed E-state index contributed by atoms with van der Waals surface area (Å²) in [4.78, 5) is 7.51. The van der Waals surface area contributed by atoms with Crippen molar-refractivity contribution in [2.24, 2.45) is 7.05 Å². The van der Waals surface area contributed by atoms with Crippen LogP contribution in [-0.4, -0.2) is 33.3 Å². The number of aryl methyl sites for hydroxylation is 1. The summed E-state index contributed by atoms with van der Waals surface area (Å²) in [5.41, 5.74) is 1.44. The lowest BCUT2D eigenvalue weighted by Gasteiger charge is -2.24. The molecule has 0 spiro atoms. The van der Waals surface area contributed by atoms with E-state index >= 15 is 0 Å². The van der Waals surface area contributed by atoms with E-state index in [-0.39, 0.29) is 5.41 Å². The minimum Gasteiger partial charge on any atom is -0.297 e. The zero-order valence-electron chi connectivity index (χ0n) is 14.2. The molecule has 0 bridgehead atoms. The fourth-order valence-electron chi connectivity index (χ4n) is 3.99. The first-order valence-corrected chi connectivity index (χ1v) is 8.88. The number of nitrogens with zero attached hydrogens (tertiary/aromatic N) is 4. The van der Waals surface area contributed by atoms with Crippen LogP contribution in [0.1, 0.15) is 61.8 Å². The predicted molar refractivity (Wildman–Crippen MR) is 91.3 cm³/mol. The highest BCUT2D eigenvalue weighted by Crippen LogP contribution is 2.52. The number of likely N-dealkylation sites (tertiary alicyclic amines) is 1. The van der Waals surface area contributed by atoms with Crippen LogP contribution in [0.3, 0.4) is 0 Å². The van der Waals surface area contributed by atoms with Crippen LogP contribution in [0.2, 0.25) is 0 Å². The molecule has 1 aromatic carbocycles. The average Bonchev–Trinajstić information content (AvgIpc) is 3.33. The van der Waals surface area contributed by atoms with Gasteiger partial charge < -0.3 is 0 Å². The summed E-state index contributed by atoms with van der Waals surface area (Å²) in [6, 6.07) is 11.2. The Kier molecular flexibility index (Phi) is 3.72. The zero-order chi connectivity index (χ0) is 15.9. The van der Waals surface area contributed by atoms with Crippen LogP contribution < -0.4 is 0 Å². The van der Waals surface area contributed by atoms with Crippen LogP contribution in [0.15, 0.2) is 30.3 Å². The highest BCUT2D eigenvalue weighted by atomic mass is 15.4. The number of hydrogen-bond acceptors (Lipinski definition) is 3. The maximum Gasteiger partial charge on any atom is 0.161 e. The van der Waals surface area contributed by atoms with Gasteiger partial charge >= 0.3 is 0 Å². The van der Waals surface area contributed by atoms with Crippen LogP contribution in [0, 0.1) is 0 Å². The number of aromatic nitrogens is 3. The lowest BCUT2D eigenvalue weighted by atomic mass is 9.95. The van der Waals surface area contributed by atoms with Gasteiger partial charge in [-0.25, -0.2) is 4.98 Å². The van der Waals surface area contributed by atoms with Gasteiger partial charge in [-0.1, -0.05) is 43.2 Å². The average molecular weight is 310 g/mol.